The van der Waals surface area contributed by atoms with E-state index in [0.717, 1.165) is 0 Å². The summed E-state index contributed by atoms with van der Waals surface area (Å²) in [5.41, 5.74) is 0.0359. The number of aromatic nitrogens is 1. The van der Waals surface area contributed by atoms with Crippen molar-refractivity contribution in [2.45, 2.75) is 0 Å². The molecule has 2 heterocycles. The highest BCUT2D eigenvalue weighted by Crippen LogP contribution is 2.30. The van der Waals surface area contributed by atoms with Crippen LogP contribution in [0.4, 0.5) is 11.4 Å². The van der Waals surface area contributed by atoms with Crippen molar-refractivity contribution in [1.29, 1.82) is 0 Å². The van der Waals surface area contributed by atoms with Gasteiger partial charge in [-0.2, -0.15) is 0 Å². The number of anilines is 1. The van der Waals surface area contributed by atoms with E-state index in [9.17, 15) is 24.8 Å². The molecule has 0 bridgehead atoms. The lowest BCUT2D eigenvalue weighted by Gasteiger charge is -2.04. The Bertz CT molecular complexity index is 961. The number of rotatable bonds is 4. The molecule has 0 fully saturated rings. The summed E-state index contributed by atoms with van der Waals surface area (Å²) in [7, 11) is 0. The van der Waals surface area contributed by atoms with E-state index in [0.29, 0.717) is 5.39 Å². The fraction of sp³-hybridized carbons (Fsp3) is 0. The molecular formula is C15H9N3O6. The minimum Gasteiger partial charge on any atom is -0.475 e. The molecule has 0 aliphatic carbocycles. The lowest BCUT2D eigenvalue weighted by Crippen LogP contribution is -2.13. The minimum atomic E-state index is -1.35. The zero-order chi connectivity index (χ0) is 17.3. The number of carboxylic acid groups (broad SMARTS) is 1. The maximum absolute atomic E-state index is 12.3. The summed E-state index contributed by atoms with van der Waals surface area (Å²) in [5.74, 6) is -2.43. The number of non-ortho nitro benzene ring substituents is 1. The molecule has 0 saturated heterocycles. The number of carbonyl (C=O) groups is 2. The van der Waals surface area contributed by atoms with Crippen LogP contribution in [0.15, 0.2) is 47.0 Å². The Kier molecular flexibility index (Phi) is 3.66. The van der Waals surface area contributed by atoms with Crippen LogP contribution in [-0.2, 0) is 0 Å². The molecule has 0 aliphatic heterocycles. The average Bonchev–Trinajstić information content (AvgIpc) is 2.94. The number of hydrogen-bond donors (Lipinski definition) is 2. The van der Waals surface area contributed by atoms with Gasteiger partial charge in [-0.1, -0.05) is 0 Å². The first-order chi connectivity index (χ1) is 11.5. The van der Waals surface area contributed by atoms with Crippen molar-refractivity contribution in [2.75, 3.05) is 5.32 Å². The van der Waals surface area contributed by atoms with Crippen molar-refractivity contribution in [1.82, 2.24) is 4.98 Å². The van der Waals surface area contributed by atoms with Crippen molar-refractivity contribution in [2.24, 2.45) is 0 Å². The van der Waals surface area contributed by atoms with Crippen LogP contribution < -0.4 is 5.32 Å². The smallest absolute Gasteiger partial charge is 0.374 e. The predicted molar refractivity (Wildman–Crippen MR) is 82.0 cm³/mol. The highest BCUT2D eigenvalue weighted by Gasteiger charge is 2.23. The van der Waals surface area contributed by atoms with Crippen molar-refractivity contribution in [3.8, 4) is 0 Å². The van der Waals surface area contributed by atoms with Crippen LogP contribution in [0.3, 0.4) is 0 Å². The number of benzene rings is 1. The van der Waals surface area contributed by atoms with Crippen LogP contribution in [0, 0.1) is 10.1 Å². The van der Waals surface area contributed by atoms with Gasteiger partial charge in [-0.15, -0.1) is 0 Å². The topological polar surface area (TPSA) is 136 Å². The number of carbonyl (C=O) groups excluding carboxylic acids is 1. The summed E-state index contributed by atoms with van der Waals surface area (Å²) in [5, 5.41) is 22.6. The Hall–Kier alpha value is -3.75. The maximum Gasteiger partial charge on any atom is 0.374 e. The number of nitro groups is 1. The monoisotopic (exact) mass is 327 g/mol. The van der Waals surface area contributed by atoms with E-state index in [1.54, 1.807) is 12.1 Å². The molecule has 9 heteroatoms. The Labute approximate surface area is 133 Å². The van der Waals surface area contributed by atoms with Gasteiger partial charge in [0.1, 0.15) is 5.69 Å². The first kappa shape index (κ1) is 15.2. The number of hydrogen-bond acceptors (Lipinski definition) is 6. The Balaban J connectivity index is 1.97. The Morgan fingerprint density at radius 1 is 1.21 bits per heavy atom. The second-order valence-corrected chi connectivity index (χ2v) is 4.73. The van der Waals surface area contributed by atoms with Gasteiger partial charge in [0.05, 0.1) is 10.3 Å². The fourth-order valence-corrected chi connectivity index (χ4v) is 2.13. The third-order valence-corrected chi connectivity index (χ3v) is 3.24. The molecule has 24 heavy (non-hydrogen) atoms. The molecule has 0 unspecified atom stereocenters. The molecule has 1 aromatic carbocycles. The summed E-state index contributed by atoms with van der Waals surface area (Å²) < 4.78 is 5.13. The van der Waals surface area contributed by atoms with Crippen LogP contribution in [0.2, 0.25) is 0 Å². The third kappa shape index (κ3) is 2.65. The van der Waals surface area contributed by atoms with Crippen molar-refractivity contribution in [3.63, 3.8) is 0 Å². The molecule has 9 nitrogen and oxygen atoms in total. The molecule has 120 valence electrons. The summed E-state index contributed by atoms with van der Waals surface area (Å²) in [4.78, 5) is 37.5. The first-order valence-electron chi connectivity index (χ1n) is 6.64. The number of aromatic carboxylic acids is 1. The van der Waals surface area contributed by atoms with Gasteiger partial charge < -0.3 is 14.8 Å². The van der Waals surface area contributed by atoms with Gasteiger partial charge in [-0.3, -0.25) is 14.9 Å². The van der Waals surface area contributed by atoms with Crippen LogP contribution in [0.1, 0.15) is 20.9 Å². The van der Waals surface area contributed by atoms with Crippen molar-refractivity contribution >= 4 is 34.4 Å². The van der Waals surface area contributed by atoms with Crippen LogP contribution in [0.25, 0.3) is 11.1 Å². The summed E-state index contributed by atoms with van der Waals surface area (Å²) in [6.45, 7) is 0. The Morgan fingerprint density at radius 3 is 2.54 bits per heavy atom. The quantitative estimate of drug-likeness (QED) is 0.555. The van der Waals surface area contributed by atoms with E-state index in [-0.39, 0.29) is 22.7 Å². The molecule has 3 aromatic rings. The molecule has 1 amide bonds. The van der Waals surface area contributed by atoms with E-state index in [1.807, 2.05) is 0 Å². The molecule has 0 saturated carbocycles. The summed E-state index contributed by atoms with van der Waals surface area (Å²) >= 11 is 0. The van der Waals surface area contributed by atoms with Crippen LogP contribution in [-0.4, -0.2) is 26.9 Å². The number of fused-ring (bicyclic) bond motifs is 1. The Morgan fingerprint density at radius 2 is 1.92 bits per heavy atom. The molecule has 2 N–H and O–H groups in total. The molecule has 2 aromatic heterocycles. The molecular weight excluding hydrogens is 318 g/mol. The van der Waals surface area contributed by atoms with Gasteiger partial charge in [0.25, 0.3) is 11.6 Å². The zero-order valence-corrected chi connectivity index (χ0v) is 11.9. The first-order valence-corrected chi connectivity index (χ1v) is 6.64. The lowest BCUT2D eigenvalue weighted by molar-refractivity contribution is -0.384. The van der Waals surface area contributed by atoms with Crippen LogP contribution in [0.5, 0.6) is 0 Å². The minimum absolute atomic E-state index is 0.0195. The lowest BCUT2D eigenvalue weighted by atomic mass is 10.2. The second kappa shape index (κ2) is 5.80. The van der Waals surface area contributed by atoms with E-state index in [2.05, 4.69) is 10.3 Å². The van der Waals surface area contributed by atoms with Crippen molar-refractivity contribution < 1.29 is 24.0 Å². The number of nitrogens with zero attached hydrogens (tertiary/aromatic N) is 2. The third-order valence-electron chi connectivity index (χ3n) is 3.24. The van der Waals surface area contributed by atoms with E-state index >= 15 is 0 Å². The van der Waals surface area contributed by atoms with E-state index in [1.165, 1.54) is 30.5 Å². The molecule has 0 spiro atoms. The zero-order valence-electron chi connectivity index (χ0n) is 11.9. The van der Waals surface area contributed by atoms with Gasteiger partial charge >= 0.3 is 5.97 Å². The largest absolute Gasteiger partial charge is 0.475 e. The van der Waals surface area contributed by atoms with Crippen LogP contribution >= 0.6 is 0 Å². The normalized spacial score (nSPS) is 10.5. The van der Waals surface area contributed by atoms with Crippen molar-refractivity contribution in [3.05, 3.63) is 64.0 Å². The van der Waals surface area contributed by atoms with Gasteiger partial charge in [-0.05, 0) is 24.3 Å². The summed E-state index contributed by atoms with van der Waals surface area (Å²) in [6, 6.07) is 8.04. The summed E-state index contributed by atoms with van der Waals surface area (Å²) in [6.07, 6.45) is 1.43. The van der Waals surface area contributed by atoms with Gasteiger partial charge in [0.2, 0.25) is 11.5 Å². The molecule has 0 radical (unpaired) electrons. The second-order valence-electron chi connectivity index (χ2n) is 4.73. The number of amides is 1. The van der Waals surface area contributed by atoms with Gasteiger partial charge in [0, 0.05) is 23.9 Å². The predicted octanol–water partition coefficient (Wildman–Crippen LogP) is 2.69. The standard InChI is InChI=1S/C15H9N3O6/c19-13(8-3-5-9(6-4-8)18(22)23)17-11-10-2-1-7-16-14(10)24-12(11)15(20)21/h1-7H,(H,17,19)(H,20,21). The number of nitro benzene ring substituents is 1. The highest BCUT2D eigenvalue weighted by atomic mass is 16.6. The van der Waals surface area contributed by atoms with Gasteiger partial charge in [0.15, 0.2) is 0 Å². The van der Waals surface area contributed by atoms with Gasteiger partial charge in [-0.25, -0.2) is 9.78 Å². The fourth-order valence-electron chi connectivity index (χ4n) is 2.13. The average molecular weight is 327 g/mol. The number of furan rings is 1. The number of carboxylic acids is 1. The van der Waals surface area contributed by atoms with E-state index in [4.69, 9.17) is 4.42 Å². The maximum atomic E-state index is 12.3. The van der Waals surface area contributed by atoms with E-state index < -0.39 is 22.6 Å². The SMILES string of the molecule is O=C(Nc1c(C(=O)O)oc2ncccc12)c1ccc([N+](=O)[O-])cc1. The number of nitrogens with one attached hydrogen (secondary N) is 1. The molecule has 0 aliphatic rings. The highest BCUT2D eigenvalue weighted by molar-refractivity contribution is 6.12. The molecule has 3 rings (SSSR count). The number of pyridine rings is 1. The molecule has 0 atom stereocenters.